The first-order valence-corrected chi connectivity index (χ1v) is 9.72. The summed E-state index contributed by atoms with van der Waals surface area (Å²) in [6.45, 7) is -0.599. The highest BCUT2D eigenvalue weighted by molar-refractivity contribution is 9.10. The number of hydrogen-bond acceptors (Lipinski definition) is 4. The second kappa shape index (κ2) is 8.42. The molecule has 0 atom stereocenters. The van der Waals surface area contributed by atoms with E-state index in [0.717, 1.165) is 27.6 Å². The first-order chi connectivity index (χ1) is 13.6. The van der Waals surface area contributed by atoms with Crippen LogP contribution in [0.4, 0.5) is 23.7 Å². The van der Waals surface area contributed by atoms with Crippen molar-refractivity contribution in [3.8, 4) is 0 Å². The third kappa shape index (κ3) is 5.27. The van der Waals surface area contributed by atoms with Gasteiger partial charge >= 0.3 is 6.18 Å². The van der Waals surface area contributed by atoms with Crippen LogP contribution < -0.4 is 5.32 Å². The van der Waals surface area contributed by atoms with Crippen molar-refractivity contribution < 1.29 is 27.6 Å². The molecule has 1 aliphatic rings. The Morgan fingerprint density at radius 3 is 2.48 bits per heavy atom. The Morgan fingerprint density at radius 1 is 1.14 bits per heavy atom. The maximum atomic E-state index is 12.8. The number of alkyl halides is 3. The van der Waals surface area contributed by atoms with Crippen LogP contribution in [0, 0.1) is 0 Å². The number of hydrogen-bond donors (Lipinski definition) is 1. The second-order valence-electron chi connectivity index (χ2n) is 5.95. The summed E-state index contributed by atoms with van der Waals surface area (Å²) in [6.07, 6.45) is -3.02. The van der Waals surface area contributed by atoms with E-state index in [1.54, 1.807) is 24.3 Å². The van der Waals surface area contributed by atoms with Crippen LogP contribution in [0.3, 0.4) is 0 Å². The largest absolute Gasteiger partial charge is 0.416 e. The zero-order valence-corrected chi connectivity index (χ0v) is 16.9. The summed E-state index contributed by atoms with van der Waals surface area (Å²) >= 11 is 3.99. The highest BCUT2D eigenvalue weighted by Gasteiger charge is 2.36. The molecule has 1 saturated heterocycles. The zero-order valence-electron chi connectivity index (χ0n) is 14.5. The predicted molar refractivity (Wildman–Crippen MR) is 107 cm³/mol. The quantitative estimate of drug-likeness (QED) is 0.609. The van der Waals surface area contributed by atoms with Gasteiger partial charge < -0.3 is 5.32 Å². The number of rotatable bonds is 4. The second-order valence-corrected chi connectivity index (χ2v) is 7.86. The van der Waals surface area contributed by atoms with Gasteiger partial charge in [0, 0.05) is 10.2 Å². The van der Waals surface area contributed by atoms with Gasteiger partial charge in [-0.05, 0) is 53.7 Å². The van der Waals surface area contributed by atoms with Crippen LogP contribution in [0.25, 0.3) is 6.08 Å². The summed E-state index contributed by atoms with van der Waals surface area (Å²) in [5.41, 5.74) is -0.298. The molecule has 29 heavy (non-hydrogen) atoms. The van der Waals surface area contributed by atoms with Gasteiger partial charge in [0.2, 0.25) is 5.91 Å². The maximum Gasteiger partial charge on any atom is 0.416 e. The molecule has 0 aliphatic carbocycles. The van der Waals surface area contributed by atoms with E-state index >= 15 is 0 Å². The van der Waals surface area contributed by atoms with Crippen molar-refractivity contribution in [1.29, 1.82) is 0 Å². The van der Waals surface area contributed by atoms with E-state index in [1.807, 2.05) is 0 Å². The van der Waals surface area contributed by atoms with E-state index in [1.165, 1.54) is 12.1 Å². The fourth-order valence-corrected chi connectivity index (χ4v) is 3.57. The number of imide groups is 1. The Labute approximate surface area is 176 Å². The van der Waals surface area contributed by atoms with Gasteiger partial charge in [-0.1, -0.05) is 34.1 Å². The normalized spacial score (nSPS) is 15.9. The minimum absolute atomic E-state index is 0.0813. The molecule has 2 aromatic carbocycles. The van der Waals surface area contributed by atoms with E-state index in [9.17, 15) is 27.6 Å². The lowest BCUT2D eigenvalue weighted by Crippen LogP contribution is -2.36. The monoisotopic (exact) mass is 484 g/mol. The number of nitrogens with zero attached hydrogens (tertiary/aromatic N) is 1. The van der Waals surface area contributed by atoms with Crippen molar-refractivity contribution >= 4 is 56.5 Å². The molecule has 5 nitrogen and oxygen atoms in total. The van der Waals surface area contributed by atoms with Crippen LogP contribution in [0.15, 0.2) is 57.9 Å². The SMILES string of the molecule is O=C(CN1C(=O)S/C(=C\c2ccc(Br)cc2)C1=O)Nc1cccc(C(F)(F)F)c1. The number of carbonyl (C=O) groups is 3. The van der Waals surface area contributed by atoms with Crippen LogP contribution in [0.1, 0.15) is 11.1 Å². The van der Waals surface area contributed by atoms with Gasteiger partial charge in [-0.15, -0.1) is 0 Å². The molecule has 0 unspecified atom stereocenters. The van der Waals surface area contributed by atoms with Crippen molar-refractivity contribution in [2.24, 2.45) is 0 Å². The molecular formula is C19H12BrF3N2O3S. The van der Waals surface area contributed by atoms with Gasteiger partial charge in [-0.2, -0.15) is 13.2 Å². The van der Waals surface area contributed by atoms with Gasteiger partial charge in [-0.3, -0.25) is 19.3 Å². The van der Waals surface area contributed by atoms with E-state index < -0.39 is 35.3 Å². The van der Waals surface area contributed by atoms with Crippen molar-refractivity contribution in [1.82, 2.24) is 4.90 Å². The summed E-state index contributed by atoms with van der Waals surface area (Å²) in [4.78, 5) is 37.6. The average Bonchev–Trinajstić information content (AvgIpc) is 2.90. The van der Waals surface area contributed by atoms with Gasteiger partial charge in [0.25, 0.3) is 11.1 Å². The number of amides is 3. The molecule has 150 valence electrons. The van der Waals surface area contributed by atoms with E-state index in [4.69, 9.17) is 0 Å². The van der Waals surface area contributed by atoms with Gasteiger partial charge in [0.1, 0.15) is 6.54 Å². The fraction of sp³-hybridized carbons (Fsp3) is 0.105. The topological polar surface area (TPSA) is 66.5 Å². The van der Waals surface area contributed by atoms with Crippen LogP contribution in [-0.4, -0.2) is 28.5 Å². The number of halogens is 4. The molecule has 0 bridgehead atoms. The first kappa shape index (κ1) is 21.1. The zero-order chi connectivity index (χ0) is 21.2. The fourth-order valence-electron chi connectivity index (χ4n) is 2.46. The highest BCUT2D eigenvalue weighted by atomic mass is 79.9. The molecule has 0 saturated carbocycles. The summed E-state index contributed by atoms with van der Waals surface area (Å²) in [6, 6.07) is 11.1. The van der Waals surface area contributed by atoms with Crippen LogP contribution in [0.5, 0.6) is 0 Å². The minimum atomic E-state index is -4.55. The molecule has 1 heterocycles. The Balaban J connectivity index is 1.68. The Morgan fingerprint density at radius 2 is 1.83 bits per heavy atom. The molecule has 0 radical (unpaired) electrons. The molecule has 1 N–H and O–H groups in total. The molecule has 0 aromatic heterocycles. The minimum Gasteiger partial charge on any atom is -0.325 e. The smallest absolute Gasteiger partial charge is 0.325 e. The van der Waals surface area contributed by atoms with Crippen LogP contribution >= 0.6 is 27.7 Å². The first-order valence-electron chi connectivity index (χ1n) is 8.11. The average molecular weight is 485 g/mol. The summed E-state index contributed by atoms with van der Waals surface area (Å²) in [7, 11) is 0. The molecule has 1 aliphatic heterocycles. The summed E-state index contributed by atoms with van der Waals surface area (Å²) < 4.78 is 39.1. The van der Waals surface area contributed by atoms with E-state index in [0.29, 0.717) is 17.3 Å². The molecule has 3 rings (SSSR count). The van der Waals surface area contributed by atoms with Crippen LogP contribution in [0.2, 0.25) is 0 Å². The third-order valence-corrected chi connectivity index (χ3v) is 5.25. The maximum absolute atomic E-state index is 12.8. The van der Waals surface area contributed by atoms with E-state index in [2.05, 4.69) is 21.2 Å². The number of carbonyl (C=O) groups excluding carboxylic acids is 3. The number of anilines is 1. The van der Waals surface area contributed by atoms with Gasteiger partial charge in [0.15, 0.2) is 0 Å². The number of thioether (sulfide) groups is 1. The summed E-state index contributed by atoms with van der Waals surface area (Å²) in [5, 5.41) is 1.65. The predicted octanol–water partition coefficient (Wildman–Crippen LogP) is 5.14. The lowest BCUT2D eigenvalue weighted by molar-refractivity contribution is -0.137. The standard InChI is InChI=1S/C19H12BrF3N2O3S/c20-13-6-4-11(5-7-13)8-15-17(27)25(18(28)29-15)10-16(26)24-14-3-1-2-12(9-14)19(21,22)23/h1-9H,10H2,(H,24,26)/b15-8-. The lowest BCUT2D eigenvalue weighted by Gasteiger charge is -2.13. The molecule has 2 aromatic rings. The van der Waals surface area contributed by atoms with Gasteiger partial charge in [0.05, 0.1) is 10.5 Å². The highest BCUT2D eigenvalue weighted by Crippen LogP contribution is 2.33. The number of nitrogens with one attached hydrogen (secondary N) is 1. The summed E-state index contributed by atoms with van der Waals surface area (Å²) in [5.74, 6) is -1.42. The Bertz CT molecular complexity index is 1010. The van der Waals surface area contributed by atoms with Gasteiger partial charge in [-0.25, -0.2) is 0 Å². The van der Waals surface area contributed by atoms with Crippen molar-refractivity contribution in [2.45, 2.75) is 6.18 Å². The van der Waals surface area contributed by atoms with E-state index in [-0.39, 0.29) is 10.6 Å². The van der Waals surface area contributed by atoms with Crippen LogP contribution in [-0.2, 0) is 15.8 Å². The Kier molecular flexibility index (Phi) is 6.13. The molecule has 10 heteroatoms. The van der Waals surface area contributed by atoms with Crippen molar-refractivity contribution in [3.63, 3.8) is 0 Å². The number of benzene rings is 2. The Hall–Kier alpha value is -2.59. The molecular weight excluding hydrogens is 473 g/mol. The van der Waals surface area contributed by atoms with Crippen molar-refractivity contribution in [3.05, 3.63) is 69.0 Å². The molecule has 1 fully saturated rings. The van der Waals surface area contributed by atoms with Crippen molar-refractivity contribution in [2.75, 3.05) is 11.9 Å². The lowest BCUT2D eigenvalue weighted by atomic mass is 10.2. The molecule has 3 amide bonds. The molecule has 0 spiro atoms. The third-order valence-electron chi connectivity index (χ3n) is 3.82.